The molecule has 0 aliphatic heterocycles. The van der Waals surface area contributed by atoms with Crippen molar-refractivity contribution in [2.24, 2.45) is 0 Å². The van der Waals surface area contributed by atoms with E-state index < -0.39 is 5.82 Å². The summed E-state index contributed by atoms with van der Waals surface area (Å²) in [6.45, 7) is 1.49. The highest BCUT2D eigenvalue weighted by molar-refractivity contribution is 5.34. The van der Waals surface area contributed by atoms with Gasteiger partial charge in [-0.15, -0.1) is 0 Å². The first-order valence-electron chi connectivity index (χ1n) is 3.24. The minimum absolute atomic E-state index is 0.205. The number of aliphatic hydroxyl groups is 1. The van der Waals surface area contributed by atoms with Crippen molar-refractivity contribution in [3.8, 4) is 5.75 Å². The molecule has 1 aromatic carbocycles. The Morgan fingerprint density at radius 2 is 2.09 bits per heavy atom. The SMILES string of the molecule is Cc1cc(O)c(F)cc1CO. The number of aliphatic hydroxyl groups excluding tert-OH is 1. The van der Waals surface area contributed by atoms with Crippen molar-refractivity contribution >= 4 is 0 Å². The van der Waals surface area contributed by atoms with E-state index in [1.807, 2.05) is 0 Å². The minimum atomic E-state index is -0.695. The number of phenols is 1. The number of halogens is 1. The van der Waals surface area contributed by atoms with Gasteiger partial charge in [0.05, 0.1) is 6.61 Å². The van der Waals surface area contributed by atoms with Crippen LogP contribution in [0.1, 0.15) is 11.1 Å². The molecule has 60 valence electrons. The second-order valence-electron chi connectivity index (χ2n) is 2.39. The van der Waals surface area contributed by atoms with Crippen LogP contribution in [-0.4, -0.2) is 10.2 Å². The molecule has 0 aliphatic rings. The lowest BCUT2D eigenvalue weighted by Gasteiger charge is -2.02. The zero-order valence-corrected chi connectivity index (χ0v) is 6.13. The van der Waals surface area contributed by atoms with Crippen LogP contribution >= 0.6 is 0 Å². The molecule has 0 saturated heterocycles. The Labute approximate surface area is 63.9 Å². The zero-order chi connectivity index (χ0) is 8.43. The lowest BCUT2D eigenvalue weighted by Crippen LogP contribution is -1.90. The maximum absolute atomic E-state index is 12.6. The van der Waals surface area contributed by atoms with Crippen LogP contribution in [0.2, 0.25) is 0 Å². The molecular formula is C8H9FO2. The molecule has 1 rings (SSSR count). The second kappa shape index (κ2) is 2.88. The topological polar surface area (TPSA) is 40.5 Å². The number of aromatic hydroxyl groups is 1. The molecule has 1 aromatic rings. The van der Waals surface area contributed by atoms with Crippen LogP contribution in [0.3, 0.4) is 0 Å². The van der Waals surface area contributed by atoms with E-state index in [9.17, 15) is 4.39 Å². The van der Waals surface area contributed by atoms with Gasteiger partial charge in [0.15, 0.2) is 11.6 Å². The fourth-order valence-electron chi connectivity index (χ4n) is 0.878. The number of phenolic OH excluding ortho intramolecular Hbond substituents is 1. The Kier molecular flexibility index (Phi) is 2.10. The molecule has 0 bridgehead atoms. The van der Waals surface area contributed by atoms with Crippen LogP contribution in [-0.2, 0) is 6.61 Å². The van der Waals surface area contributed by atoms with Crippen molar-refractivity contribution in [3.05, 3.63) is 29.1 Å². The summed E-state index contributed by atoms with van der Waals surface area (Å²) in [5.41, 5.74) is 1.19. The lowest BCUT2D eigenvalue weighted by molar-refractivity contribution is 0.280. The third-order valence-electron chi connectivity index (χ3n) is 1.58. The van der Waals surface area contributed by atoms with Crippen molar-refractivity contribution in [1.29, 1.82) is 0 Å². The molecule has 0 amide bonds. The van der Waals surface area contributed by atoms with E-state index in [-0.39, 0.29) is 12.4 Å². The van der Waals surface area contributed by atoms with Crippen molar-refractivity contribution < 1.29 is 14.6 Å². The molecule has 0 radical (unpaired) electrons. The van der Waals surface area contributed by atoms with Gasteiger partial charge in [0, 0.05) is 0 Å². The third-order valence-corrected chi connectivity index (χ3v) is 1.58. The van der Waals surface area contributed by atoms with Gasteiger partial charge in [0.1, 0.15) is 0 Å². The Morgan fingerprint density at radius 3 is 2.64 bits per heavy atom. The van der Waals surface area contributed by atoms with Crippen molar-refractivity contribution in [3.63, 3.8) is 0 Å². The maximum atomic E-state index is 12.6. The van der Waals surface area contributed by atoms with Crippen LogP contribution in [0.15, 0.2) is 12.1 Å². The summed E-state index contributed by atoms with van der Waals surface area (Å²) in [5, 5.41) is 17.5. The average Bonchev–Trinajstić information content (AvgIpc) is 1.97. The fourth-order valence-corrected chi connectivity index (χ4v) is 0.878. The highest BCUT2D eigenvalue weighted by atomic mass is 19.1. The summed E-state index contributed by atoms with van der Waals surface area (Å²) < 4.78 is 12.6. The normalized spacial score (nSPS) is 10.1. The molecule has 2 N–H and O–H groups in total. The lowest BCUT2D eigenvalue weighted by atomic mass is 10.1. The smallest absolute Gasteiger partial charge is 0.165 e. The molecule has 2 nitrogen and oxygen atoms in total. The molecule has 0 spiro atoms. The zero-order valence-electron chi connectivity index (χ0n) is 6.13. The molecule has 0 unspecified atom stereocenters. The van der Waals surface area contributed by atoms with Crippen LogP contribution < -0.4 is 0 Å². The Balaban J connectivity index is 3.21. The first-order valence-corrected chi connectivity index (χ1v) is 3.24. The first kappa shape index (κ1) is 8.01. The monoisotopic (exact) mass is 156 g/mol. The summed E-state index contributed by atoms with van der Waals surface area (Å²) in [6, 6.07) is 2.42. The quantitative estimate of drug-likeness (QED) is 0.644. The molecule has 11 heavy (non-hydrogen) atoms. The largest absolute Gasteiger partial charge is 0.505 e. The van der Waals surface area contributed by atoms with Gasteiger partial charge in [-0.2, -0.15) is 0 Å². The average molecular weight is 156 g/mol. The molecule has 3 heteroatoms. The predicted molar refractivity (Wildman–Crippen MR) is 38.7 cm³/mol. The predicted octanol–water partition coefficient (Wildman–Crippen LogP) is 1.33. The number of benzene rings is 1. The van der Waals surface area contributed by atoms with E-state index in [1.54, 1.807) is 6.92 Å². The first-order chi connectivity index (χ1) is 5.15. The van der Waals surface area contributed by atoms with Gasteiger partial charge in [0.2, 0.25) is 0 Å². The number of hydrogen-bond acceptors (Lipinski definition) is 2. The fraction of sp³-hybridized carbons (Fsp3) is 0.250. The molecule has 0 atom stereocenters. The van der Waals surface area contributed by atoms with Crippen LogP contribution in [0.4, 0.5) is 4.39 Å². The Bertz CT molecular complexity index is 271. The minimum Gasteiger partial charge on any atom is -0.505 e. The Hall–Kier alpha value is -1.09. The summed E-state index contributed by atoms with van der Waals surface area (Å²) in [6.07, 6.45) is 0. The van der Waals surface area contributed by atoms with E-state index >= 15 is 0 Å². The van der Waals surface area contributed by atoms with Crippen molar-refractivity contribution in [2.75, 3.05) is 0 Å². The number of hydrogen-bond donors (Lipinski definition) is 2. The molecule has 0 aliphatic carbocycles. The maximum Gasteiger partial charge on any atom is 0.165 e. The number of rotatable bonds is 1. The van der Waals surface area contributed by atoms with Gasteiger partial charge in [0.25, 0.3) is 0 Å². The van der Waals surface area contributed by atoms with E-state index in [1.165, 1.54) is 6.07 Å². The van der Waals surface area contributed by atoms with Gasteiger partial charge >= 0.3 is 0 Å². The van der Waals surface area contributed by atoms with Crippen molar-refractivity contribution in [2.45, 2.75) is 13.5 Å². The van der Waals surface area contributed by atoms with Crippen LogP contribution in [0.5, 0.6) is 5.75 Å². The van der Waals surface area contributed by atoms with Gasteiger partial charge in [-0.3, -0.25) is 0 Å². The van der Waals surface area contributed by atoms with E-state index in [0.717, 1.165) is 6.07 Å². The highest BCUT2D eigenvalue weighted by Gasteiger charge is 2.04. The molecule has 0 saturated carbocycles. The standard InChI is InChI=1S/C8H9FO2/c1-5-2-8(11)7(9)3-6(5)4-10/h2-3,10-11H,4H2,1H3. The van der Waals surface area contributed by atoms with Crippen LogP contribution in [0, 0.1) is 12.7 Å². The van der Waals surface area contributed by atoms with Gasteiger partial charge in [-0.05, 0) is 30.2 Å². The van der Waals surface area contributed by atoms with Gasteiger partial charge in [-0.25, -0.2) is 4.39 Å². The summed E-state index contributed by atoms with van der Waals surface area (Å²) >= 11 is 0. The van der Waals surface area contributed by atoms with E-state index in [0.29, 0.717) is 11.1 Å². The molecular weight excluding hydrogens is 147 g/mol. The van der Waals surface area contributed by atoms with Crippen LogP contribution in [0.25, 0.3) is 0 Å². The summed E-state index contributed by atoms with van der Waals surface area (Å²) in [4.78, 5) is 0. The van der Waals surface area contributed by atoms with Gasteiger partial charge < -0.3 is 10.2 Å². The second-order valence-corrected chi connectivity index (χ2v) is 2.39. The third kappa shape index (κ3) is 1.49. The molecule has 0 heterocycles. The van der Waals surface area contributed by atoms with E-state index in [2.05, 4.69) is 0 Å². The summed E-state index contributed by atoms with van der Waals surface area (Å²) in [7, 11) is 0. The molecule has 0 aromatic heterocycles. The Morgan fingerprint density at radius 1 is 1.45 bits per heavy atom. The number of aryl methyl sites for hydroxylation is 1. The van der Waals surface area contributed by atoms with Crippen molar-refractivity contribution in [1.82, 2.24) is 0 Å². The molecule has 0 fully saturated rings. The highest BCUT2D eigenvalue weighted by Crippen LogP contribution is 2.20. The van der Waals surface area contributed by atoms with E-state index in [4.69, 9.17) is 10.2 Å². The summed E-state index contributed by atoms with van der Waals surface area (Å²) in [5.74, 6) is -1.07. The van der Waals surface area contributed by atoms with Gasteiger partial charge in [-0.1, -0.05) is 0 Å².